The Morgan fingerprint density at radius 3 is 2.60 bits per heavy atom. The van der Waals surface area contributed by atoms with E-state index in [4.69, 9.17) is 4.74 Å². The van der Waals surface area contributed by atoms with Crippen LogP contribution in [-0.2, 0) is 14.3 Å². The topological polar surface area (TPSA) is 58.6 Å². The first-order valence-corrected chi connectivity index (χ1v) is 7.59. The second kappa shape index (κ2) is 5.72. The predicted octanol–water partition coefficient (Wildman–Crippen LogP) is 1.32. The summed E-state index contributed by atoms with van der Waals surface area (Å²) in [6.07, 6.45) is 3.87. The van der Waals surface area contributed by atoms with Gasteiger partial charge in [0.2, 0.25) is 11.8 Å². The van der Waals surface area contributed by atoms with Crippen molar-refractivity contribution in [1.29, 1.82) is 0 Å². The van der Waals surface area contributed by atoms with Gasteiger partial charge in [0.25, 0.3) is 0 Å². The van der Waals surface area contributed by atoms with Gasteiger partial charge < -0.3 is 15.0 Å². The molecule has 0 aromatic carbocycles. The highest BCUT2D eigenvalue weighted by Gasteiger charge is 2.55. The Morgan fingerprint density at radius 2 is 2.10 bits per heavy atom. The van der Waals surface area contributed by atoms with Gasteiger partial charge in [-0.05, 0) is 39.0 Å². The lowest BCUT2D eigenvalue weighted by Crippen LogP contribution is -2.71. The van der Waals surface area contributed by atoms with Crippen molar-refractivity contribution in [3.05, 3.63) is 0 Å². The fraction of sp³-hybridized carbons (Fsp3) is 0.867. The third-order valence-electron chi connectivity index (χ3n) is 4.63. The lowest BCUT2D eigenvalue weighted by Gasteiger charge is -2.47. The summed E-state index contributed by atoms with van der Waals surface area (Å²) < 4.78 is 5.26. The minimum atomic E-state index is -0.719. The number of amides is 2. The van der Waals surface area contributed by atoms with E-state index < -0.39 is 11.6 Å². The summed E-state index contributed by atoms with van der Waals surface area (Å²) in [5.74, 6) is 0.303. The van der Waals surface area contributed by atoms with Gasteiger partial charge in [0, 0.05) is 7.11 Å². The van der Waals surface area contributed by atoms with Gasteiger partial charge in [-0.2, -0.15) is 0 Å². The maximum absolute atomic E-state index is 12.9. The van der Waals surface area contributed by atoms with E-state index >= 15 is 0 Å². The van der Waals surface area contributed by atoms with E-state index in [9.17, 15) is 9.59 Å². The Hall–Kier alpha value is -1.10. The molecule has 3 atom stereocenters. The van der Waals surface area contributed by atoms with Crippen molar-refractivity contribution in [1.82, 2.24) is 10.2 Å². The third kappa shape index (κ3) is 2.55. The van der Waals surface area contributed by atoms with Crippen molar-refractivity contribution in [3.8, 4) is 0 Å². The molecule has 114 valence electrons. The summed E-state index contributed by atoms with van der Waals surface area (Å²) in [6, 6.07) is -0.433. The zero-order chi connectivity index (χ0) is 14.9. The molecule has 3 unspecified atom stereocenters. The average Bonchev–Trinajstić information content (AvgIpc) is 3.22. The second-order valence-corrected chi connectivity index (χ2v) is 6.25. The molecule has 20 heavy (non-hydrogen) atoms. The highest BCUT2D eigenvalue weighted by Crippen LogP contribution is 2.42. The molecule has 0 spiro atoms. The van der Waals surface area contributed by atoms with Crippen molar-refractivity contribution in [3.63, 3.8) is 0 Å². The third-order valence-corrected chi connectivity index (χ3v) is 4.63. The minimum absolute atomic E-state index is 0.0170. The average molecular weight is 282 g/mol. The molecule has 5 nitrogen and oxygen atoms in total. The molecule has 2 amide bonds. The van der Waals surface area contributed by atoms with E-state index in [0.29, 0.717) is 12.5 Å². The first-order valence-electron chi connectivity index (χ1n) is 7.59. The summed E-state index contributed by atoms with van der Waals surface area (Å²) in [5.41, 5.74) is -0.719. The molecule has 1 saturated heterocycles. The van der Waals surface area contributed by atoms with Gasteiger partial charge in [-0.25, -0.2) is 0 Å². The van der Waals surface area contributed by atoms with Crippen molar-refractivity contribution >= 4 is 11.8 Å². The van der Waals surface area contributed by atoms with Crippen LogP contribution < -0.4 is 5.32 Å². The van der Waals surface area contributed by atoms with E-state index in [0.717, 1.165) is 25.7 Å². The van der Waals surface area contributed by atoms with Gasteiger partial charge in [0.05, 0.1) is 12.6 Å². The van der Waals surface area contributed by atoms with Gasteiger partial charge in [-0.15, -0.1) is 0 Å². The van der Waals surface area contributed by atoms with Gasteiger partial charge in [-0.1, -0.05) is 13.3 Å². The standard InChI is InChI=1S/C15H26N2O3/c1-5-6-12(9-20-4)17-10(2)13(18)16-15(3,14(17)19)11-7-8-11/h10-12H,5-9H2,1-4H3,(H,16,18). The van der Waals surface area contributed by atoms with Crippen molar-refractivity contribution in [2.24, 2.45) is 5.92 Å². The zero-order valence-corrected chi connectivity index (χ0v) is 12.9. The molecule has 2 fully saturated rings. The summed E-state index contributed by atoms with van der Waals surface area (Å²) >= 11 is 0. The van der Waals surface area contributed by atoms with Crippen LogP contribution in [0.2, 0.25) is 0 Å². The van der Waals surface area contributed by atoms with Crippen molar-refractivity contribution in [2.75, 3.05) is 13.7 Å². The van der Waals surface area contributed by atoms with Crippen molar-refractivity contribution < 1.29 is 14.3 Å². The number of hydrogen-bond donors (Lipinski definition) is 1. The highest BCUT2D eigenvalue weighted by atomic mass is 16.5. The molecule has 0 aromatic rings. The first kappa shape index (κ1) is 15.3. The minimum Gasteiger partial charge on any atom is -0.383 e. The van der Waals surface area contributed by atoms with Crippen LogP contribution in [0.4, 0.5) is 0 Å². The molecular weight excluding hydrogens is 256 g/mol. The number of carbonyl (C=O) groups excluding carboxylic acids is 2. The highest BCUT2D eigenvalue weighted by molar-refractivity contribution is 6.00. The maximum Gasteiger partial charge on any atom is 0.249 e. The summed E-state index contributed by atoms with van der Waals surface area (Å²) in [7, 11) is 1.64. The smallest absolute Gasteiger partial charge is 0.249 e. The number of methoxy groups -OCH3 is 1. The quantitative estimate of drug-likeness (QED) is 0.799. The maximum atomic E-state index is 12.9. The fourth-order valence-electron chi connectivity index (χ4n) is 3.23. The number of nitrogens with zero attached hydrogens (tertiary/aromatic N) is 1. The van der Waals surface area contributed by atoms with Gasteiger partial charge in [0.1, 0.15) is 11.6 Å². The monoisotopic (exact) mass is 282 g/mol. The number of rotatable bonds is 6. The van der Waals surface area contributed by atoms with Crippen LogP contribution in [0.25, 0.3) is 0 Å². The number of piperazine rings is 1. The zero-order valence-electron chi connectivity index (χ0n) is 12.9. The molecule has 1 heterocycles. The van der Waals surface area contributed by atoms with E-state index in [2.05, 4.69) is 12.2 Å². The Morgan fingerprint density at radius 1 is 1.45 bits per heavy atom. The largest absolute Gasteiger partial charge is 0.383 e. The van der Waals surface area contributed by atoms with Gasteiger partial charge in [0.15, 0.2) is 0 Å². The second-order valence-electron chi connectivity index (χ2n) is 6.25. The lowest BCUT2D eigenvalue weighted by molar-refractivity contribution is -0.159. The Bertz CT molecular complexity index is 389. The van der Waals surface area contributed by atoms with Crippen LogP contribution in [0.5, 0.6) is 0 Å². The number of hydrogen-bond acceptors (Lipinski definition) is 3. The molecule has 1 aliphatic heterocycles. The van der Waals surface area contributed by atoms with Crippen LogP contribution in [0, 0.1) is 5.92 Å². The molecule has 2 rings (SSSR count). The predicted molar refractivity (Wildman–Crippen MR) is 76.2 cm³/mol. The van der Waals surface area contributed by atoms with E-state index in [1.807, 2.05) is 6.92 Å². The van der Waals surface area contributed by atoms with Crippen LogP contribution in [0.3, 0.4) is 0 Å². The van der Waals surface area contributed by atoms with Crippen LogP contribution >= 0.6 is 0 Å². The van der Waals surface area contributed by atoms with Crippen LogP contribution in [0.1, 0.15) is 46.5 Å². The molecule has 1 saturated carbocycles. The SMILES string of the molecule is CCCC(COC)N1C(=O)C(C)(C2CC2)NC(=O)C1C. The van der Waals surface area contributed by atoms with Gasteiger partial charge >= 0.3 is 0 Å². The van der Waals surface area contributed by atoms with Gasteiger partial charge in [-0.3, -0.25) is 9.59 Å². The normalized spacial score (nSPS) is 32.2. The Labute approximate surface area is 121 Å². The van der Waals surface area contributed by atoms with E-state index in [-0.39, 0.29) is 17.9 Å². The molecule has 0 aromatic heterocycles. The van der Waals surface area contributed by atoms with Crippen LogP contribution in [0.15, 0.2) is 0 Å². The van der Waals surface area contributed by atoms with Crippen LogP contribution in [-0.4, -0.2) is 48.1 Å². The summed E-state index contributed by atoms with van der Waals surface area (Å²) in [5, 5.41) is 2.95. The molecule has 1 aliphatic carbocycles. The first-order chi connectivity index (χ1) is 9.45. The summed E-state index contributed by atoms with van der Waals surface area (Å²) in [6.45, 7) is 6.25. The Kier molecular flexibility index (Phi) is 4.37. The Balaban J connectivity index is 2.26. The molecule has 2 aliphatic rings. The number of nitrogens with one attached hydrogen (secondary N) is 1. The lowest BCUT2D eigenvalue weighted by atomic mass is 9.88. The van der Waals surface area contributed by atoms with Crippen molar-refractivity contribution in [2.45, 2.75) is 64.1 Å². The number of ether oxygens (including phenoxy) is 1. The molecular formula is C15H26N2O3. The fourth-order valence-corrected chi connectivity index (χ4v) is 3.23. The van der Waals surface area contributed by atoms with E-state index in [1.165, 1.54) is 0 Å². The number of carbonyl (C=O) groups is 2. The summed E-state index contributed by atoms with van der Waals surface area (Å²) in [4.78, 5) is 27.0. The molecule has 1 N–H and O–H groups in total. The molecule has 0 radical (unpaired) electrons. The molecule has 0 bridgehead atoms. The molecule has 5 heteroatoms. The van der Waals surface area contributed by atoms with E-state index in [1.54, 1.807) is 18.9 Å².